The minimum Gasteiger partial charge on any atom is -0.490 e. The number of ether oxygens (including phenoxy) is 1. The molecule has 0 saturated carbocycles. The number of nitrogens with one attached hydrogen (secondary N) is 1. The number of ketones is 1. The van der Waals surface area contributed by atoms with Crippen LogP contribution in [-0.4, -0.2) is 25.0 Å². The van der Waals surface area contributed by atoms with E-state index in [-0.39, 0.29) is 17.9 Å². The smallest absolute Gasteiger partial charge is 0.183 e. The highest BCUT2D eigenvalue weighted by atomic mass is 16.5. The van der Waals surface area contributed by atoms with Gasteiger partial charge in [0.25, 0.3) is 0 Å². The third kappa shape index (κ3) is 3.07. The number of para-hydroxylation sites is 1. The molecule has 1 aromatic carbocycles. The SMILES string of the molecule is CNC(C)C(=O)c1ccccc1OC(C)C. The topological polar surface area (TPSA) is 38.3 Å². The maximum absolute atomic E-state index is 12.0. The van der Waals surface area contributed by atoms with Crippen molar-refractivity contribution in [1.29, 1.82) is 0 Å². The second-order valence-electron chi connectivity index (χ2n) is 4.04. The van der Waals surface area contributed by atoms with Crippen LogP contribution < -0.4 is 10.1 Å². The number of rotatable bonds is 5. The number of carbonyl (C=O) groups excluding carboxylic acids is 1. The summed E-state index contributed by atoms with van der Waals surface area (Å²) in [4.78, 5) is 12.0. The number of hydrogen-bond acceptors (Lipinski definition) is 3. The van der Waals surface area contributed by atoms with Gasteiger partial charge in [-0.2, -0.15) is 0 Å². The fourth-order valence-corrected chi connectivity index (χ4v) is 1.39. The van der Waals surface area contributed by atoms with Gasteiger partial charge in [0.1, 0.15) is 5.75 Å². The maximum Gasteiger partial charge on any atom is 0.183 e. The summed E-state index contributed by atoms with van der Waals surface area (Å²) in [5.74, 6) is 0.711. The molecule has 0 bridgehead atoms. The van der Waals surface area contributed by atoms with Gasteiger partial charge in [0.05, 0.1) is 17.7 Å². The minimum absolute atomic E-state index is 0.0544. The van der Waals surface area contributed by atoms with Crippen molar-refractivity contribution >= 4 is 5.78 Å². The van der Waals surface area contributed by atoms with E-state index in [1.165, 1.54) is 0 Å². The van der Waals surface area contributed by atoms with Crippen LogP contribution in [0.2, 0.25) is 0 Å². The van der Waals surface area contributed by atoms with Crippen molar-refractivity contribution in [1.82, 2.24) is 5.32 Å². The molecule has 0 aromatic heterocycles. The lowest BCUT2D eigenvalue weighted by Gasteiger charge is -2.15. The van der Waals surface area contributed by atoms with Crippen LogP contribution in [0.25, 0.3) is 0 Å². The molecule has 1 unspecified atom stereocenters. The molecular weight excluding hydrogens is 202 g/mol. The molecule has 0 amide bonds. The van der Waals surface area contributed by atoms with Gasteiger partial charge in [-0.15, -0.1) is 0 Å². The van der Waals surface area contributed by atoms with Crippen molar-refractivity contribution in [2.45, 2.75) is 32.9 Å². The van der Waals surface area contributed by atoms with Crippen LogP contribution in [-0.2, 0) is 0 Å². The summed E-state index contributed by atoms with van der Waals surface area (Å²) in [5, 5.41) is 2.94. The molecule has 1 rings (SSSR count). The average Bonchev–Trinajstić information content (AvgIpc) is 2.27. The summed E-state index contributed by atoms with van der Waals surface area (Å²) in [6.07, 6.45) is 0.0684. The lowest BCUT2D eigenvalue weighted by atomic mass is 10.0. The van der Waals surface area contributed by atoms with E-state index in [1.54, 1.807) is 13.1 Å². The Kier molecular flexibility index (Phi) is 4.50. The van der Waals surface area contributed by atoms with Gasteiger partial charge in [0.2, 0.25) is 0 Å². The molecule has 88 valence electrons. The van der Waals surface area contributed by atoms with Crippen LogP contribution in [0, 0.1) is 0 Å². The maximum atomic E-state index is 12.0. The molecule has 3 nitrogen and oxygen atoms in total. The van der Waals surface area contributed by atoms with E-state index in [1.807, 2.05) is 39.0 Å². The van der Waals surface area contributed by atoms with Crippen molar-refractivity contribution in [3.8, 4) is 5.75 Å². The summed E-state index contributed by atoms with van der Waals surface area (Å²) >= 11 is 0. The first kappa shape index (κ1) is 12.7. The molecule has 0 fully saturated rings. The lowest BCUT2D eigenvalue weighted by Crippen LogP contribution is -2.31. The molecule has 0 saturated heterocycles. The first-order chi connectivity index (χ1) is 7.56. The normalized spacial score (nSPS) is 12.6. The highest BCUT2D eigenvalue weighted by Crippen LogP contribution is 2.20. The number of hydrogen-bond donors (Lipinski definition) is 1. The van der Waals surface area contributed by atoms with Gasteiger partial charge >= 0.3 is 0 Å². The summed E-state index contributed by atoms with van der Waals surface area (Å²) in [6, 6.07) is 7.15. The third-order valence-corrected chi connectivity index (χ3v) is 2.34. The van der Waals surface area contributed by atoms with Crippen molar-refractivity contribution in [2.75, 3.05) is 7.05 Å². The summed E-state index contributed by atoms with van der Waals surface area (Å²) in [5.41, 5.74) is 0.637. The van der Waals surface area contributed by atoms with Gasteiger partial charge in [-0.3, -0.25) is 4.79 Å². The second kappa shape index (κ2) is 5.66. The average molecular weight is 221 g/mol. The number of likely N-dealkylation sites (N-methyl/N-ethyl adjacent to an activating group) is 1. The Balaban J connectivity index is 2.98. The Morgan fingerprint density at radius 3 is 2.44 bits per heavy atom. The van der Waals surface area contributed by atoms with E-state index in [2.05, 4.69) is 5.32 Å². The van der Waals surface area contributed by atoms with Gasteiger partial charge in [0, 0.05) is 0 Å². The molecule has 16 heavy (non-hydrogen) atoms. The molecule has 1 atom stereocenters. The summed E-state index contributed by atoms with van der Waals surface area (Å²) < 4.78 is 5.61. The minimum atomic E-state index is -0.197. The van der Waals surface area contributed by atoms with Gasteiger partial charge in [-0.1, -0.05) is 12.1 Å². The second-order valence-corrected chi connectivity index (χ2v) is 4.04. The van der Waals surface area contributed by atoms with E-state index < -0.39 is 0 Å². The standard InChI is InChI=1S/C13H19NO2/c1-9(2)16-12-8-6-5-7-11(12)13(15)10(3)14-4/h5-10,14H,1-4H3. The summed E-state index contributed by atoms with van der Waals surface area (Å²) in [7, 11) is 1.77. The van der Waals surface area contributed by atoms with E-state index >= 15 is 0 Å². The lowest BCUT2D eigenvalue weighted by molar-refractivity contribution is 0.0949. The van der Waals surface area contributed by atoms with Crippen LogP contribution in [0.4, 0.5) is 0 Å². The van der Waals surface area contributed by atoms with Crippen molar-refractivity contribution in [3.05, 3.63) is 29.8 Å². The predicted molar refractivity (Wildman–Crippen MR) is 65.1 cm³/mol. The molecule has 0 spiro atoms. The molecule has 1 aromatic rings. The van der Waals surface area contributed by atoms with Gasteiger partial charge < -0.3 is 10.1 Å². The molecule has 0 aliphatic rings. The monoisotopic (exact) mass is 221 g/mol. The Bertz CT molecular complexity index is 361. The van der Waals surface area contributed by atoms with Crippen LogP contribution >= 0.6 is 0 Å². The molecule has 0 heterocycles. The highest BCUT2D eigenvalue weighted by molar-refractivity contribution is 6.02. The van der Waals surface area contributed by atoms with Crippen molar-refractivity contribution in [3.63, 3.8) is 0 Å². The van der Waals surface area contributed by atoms with Crippen molar-refractivity contribution < 1.29 is 9.53 Å². The van der Waals surface area contributed by atoms with E-state index in [4.69, 9.17) is 4.74 Å². The van der Waals surface area contributed by atoms with Crippen LogP contribution in [0.3, 0.4) is 0 Å². The molecule has 0 aliphatic heterocycles. The van der Waals surface area contributed by atoms with Gasteiger partial charge in [-0.25, -0.2) is 0 Å². The van der Waals surface area contributed by atoms with Crippen LogP contribution in [0.5, 0.6) is 5.75 Å². The first-order valence-electron chi connectivity index (χ1n) is 5.53. The highest BCUT2D eigenvalue weighted by Gasteiger charge is 2.17. The Hall–Kier alpha value is -1.35. The molecule has 0 radical (unpaired) electrons. The zero-order chi connectivity index (χ0) is 12.1. The fraction of sp³-hybridized carbons (Fsp3) is 0.462. The largest absolute Gasteiger partial charge is 0.490 e. The number of Topliss-reactive ketones (excluding diaryl/α,β-unsaturated/α-hetero) is 1. The number of benzene rings is 1. The fourth-order valence-electron chi connectivity index (χ4n) is 1.39. The first-order valence-corrected chi connectivity index (χ1v) is 5.53. The van der Waals surface area contributed by atoms with Crippen LogP contribution in [0.15, 0.2) is 24.3 Å². The Morgan fingerprint density at radius 2 is 1.88 bits per heavy atom. The Labute approximate surface area is 96.8 Å². The van der Waals surface area contributed by atoms with E-state index in [9.17, 15) is 4.79 Å². The number of carbonyl (C=O) groups is 1. The Morgan fingerprint density at radius 1 is 1.25 bits per heavy atom. The quantitative estimate of drug-likeness (QED) is 0.775. The van der Waals surface area contributed by atoms with Crippen molar-refractivity contribution in [2.24, 2.45) is 0 Å². The molecule has 3 heteroatoms. The predicted octanol–water partition coefficient (Wildman–Crippen LogP) is 2.26. The zero-order valence-electron chi connectivity index (χ0n) is 10.3. The molecular formula is C13H19NO2. The molecule has 1 N–H and O–H groups in total. The zero-order valence-corrected chi connectivity index (χ0v) is 10.3. The van der Waals surface area contributed by atoms with E-state index in [0.29, 0.717) is 11.3 Å². The van der Waals surface area contributed by atoms with Gasteiger partial charge in [-0.05, 0) is 40.0 Å². The van der Waals surface area contributed by atoms with Gasteiger partial charge in [0.15, 0.2) is 5.78 Å². The summed E-state index contributed by atoms with van der Waals surface area (Å²) in [6.45, 7) is 5.74. The molecule has 0 aliphatic carbocycles. The van der Waals surface area contributed by atoms with Crippen LogP contribution in [0.1, 0.15) is 31.1 Å². The third-order valence-electron chi connectivity index (χ3n) is 2.34. The van der Waals surface area contributed by atoms with E-state index in [0.717, 1.165) is 0 Å².